The molecule has 0 bridgehead atoms. The number of carbonyl (C=O) groups excluding carboxylic acids is 2. The van der Waals surface area contributed by atoms with Crippen molar-refractivity contribution in [3.8, 4) is 0 Å². The second kappa shape index (κ2) is 25.0. The van der Waals surface area contributed by atoms with E-state index in [1.165, 1.54) is 12.2 Å². The largest absolute Gasteiger partial charge is 2.00 e. The van der Waals surface area contributed by atoms with Crippen LogP contribution < -0.4 is 10.2 Å². The summed E-state index contributed by atoms with van der Waals surface area (Å²) in [7, 11) is 3.30. The quantitative estimate of drug-likeness (QED) is 0.117. The SMILES string of the molecule is CC(C)(C)C(=O)/C=C(/[O-])C(C)(C)C.CC(C)(C)C(=O)/C=C(/[O-])C(C)(C)C.COCCOCCOCCOCCOC.[Sr+2]. The summed E-state index contributed by atoms with van der Waals surface area (Å²) in [6.07, 6.45) is 2.44. The van der Waals surface area contributed by atoms with Crippen LogP contribution in [0.25, 0.3) is 0 Å². The Morgan fingerprint density at radius 2 is 0.690 bits per heavy atom. The number of methoxy groups -OCH3 is 2. The Bertz CT molecular complexity index is 699. The van der Waals surface area contributed by atoms with E-state index in [0.717, 1.165) is 0 Å². The summed E-state index contributed by atoms with van der Waals surface area (Å²) in [5.41, 5.74) is -1.83. The first kappa shape index (κ1) is 48.6. The molecule has 0 amide bonds. The molecule has 0 atom stereocenters. The molecule has 9 nitrogen and oxygen atoms in total. The van der Waals surface area contributed by atoms with Crippen LogP contribution in [-0.2, 0) is 33.3 Å². The molecule has 10 heteroatoms. The Kier molecular flexibility index (Phi) is 28.9. The van der Waals surface area contributed by atoms with Crippen LogP contribution >= 0.6 is 0 Å². The zero-order chi connectivity index (χ0) is 32.9. The number of allylic oxidation sites excluding steroid dienone is 4. The molecule has 0 aliphatic carbocycles. The molecule has 0 aromatic carbocycles. The van der Waals surface area contributed by atoms with E-state index < -0.39 is 21.7 Å². The summed E-state index contributed by atoms with van der Waals surface area (Å²) in [5.74, 6) is -0.417. The topological polar surface area (TPSA) is 126 Å². The average molecular weight is 676 g/mol. The summed E-state index contributed by atoms with van der Waals surface area (Å²) < 4.78 is 25.3. The van der Waals surface area contributed by atoms with Crippen molar-refractivity contribution in [2.24, 2.45) is 21.7 Å². The van der Waals surface area contributed by atoms with Crippen molar-refractivity contribution in [2.75, 3.05) is 67.1 Å². The number of hydrogen-bond acceptors (Lipinski definition) is 9. The monoisotopic (exact) mass is 676 g/mol. The third-order valence-electron chi connectivity index (χ3n) is 5.09. The number of hydrogen-bond donors (Lipinski definition) is 0. The molecule has 0 aromatic rings. The van der Waals surface area contributed by atoms with E-state index in [-0.39, 0.29) is 68.6 Å². The molecule has 0 radical (unpaired) electrons. The van der Waals surface area contributed by atoms with Gasteiger partial charge >= 0.3 is 45.5 Å². The van der Waals surface area contributed by atoms with Crippen LogP contribution in [-0.4, -0.2) is 124 Å². The molecule has 0 spiro atoms. The summed E-state index contributed by atoms with van der Waals surface area (Å²) in [6.45, 7) is 26.6. The molecule has 0 saturated carbocycles. The fourth-order valence-electron chi connectivity index (χ4n) is 1.93. The van der Waals surface area contributed by atoms with Crippen molar-refractivity contribution in [2.45, 2.75) is 83.1 Å². The Morgan fingerprint density at radius 1 is 0.476 bits per heavy atom. The first-order valence-corrected chi connectivity index (χ1v) is 14.1. The van der Waals surface area contributed by atoms with E-state index in [4.69, 9.17) is 23.7 Å². The van der Waals surface area contributed by atoms with Crippen molar-refractivity contribution >= 4 is 57.0 Å². The fourth-order valence-corrected chi connectivity index (χ4v) is 1.93. The second-order valence-electron chi connectivity index (χ2n) is 13.6. The maximum atomic E-state index is 11.4. The van der Waals surface area contributed by atoms with E-state index in [9.17, 15) is 19.8 Å². The van der Waals surface area contributed by atoms with Crippen molar-refractivity contribution in [1.29, 1.82) is 0 Å². The van der Waals surface area contributed by atoms with Crippen LogP contribution in [0.1, 0.15) is 83.1 Å². The second-order valence-corrected chi connectivity index (χ2v) is 13.6. The molecule has 0 aromatic heterocycles. The van der Waals surface area contributed by atoms with E-state index in [1.54, 1.807) is 14.2 Å². The zero-order valence-corrected chi connectivity index (χ0v) is 32.7. The molecular formula is C32H60O9Sr. The van der Waals surface area contributed by atoms with E-state index in [0.29, 0.717) is 52.9 Å². The van der Waals surface area contributed by atoms with E-state index >= 15 is 0 Å². The molecular weight excluding hydrogens is 616 g/mol. The Balaban J connectivity index is -0.000000256. The van der Waals surface area contributed by atoms with Crippen LogP contribution in [0, 0.1) is 21.7 Å². The number of carbonyl (C=O) groups is 2. The molecule has 0 unspecified atom stereocenters. The summed E-state index contributed by atoms with van der Waals surface area (Å²) in [6, 6.07) is 0. The van der Waals surface area contributed by atoms with Gasteiger partial charge in [0.25, 0.3) is 0 Å². The number of rotatable bonds is 14. The minimum Gasteiger partial charge on any atom is -0.875 e. The molecule has 0 saturated heterocycles. The first-order valence-electron chi connectivity index (χ1n) is 14.1. The van der Waals surface area contributed by atoms with Gasteiger partial charge < -0.3 is 33.9 Å². The van der Waals surface area contributed by atoms with Crippen LogP contribution in [0.2, 0.25) is 0 Å². The Morgan fingerprint density at radius 3 is 0.857 bits per heavy atom. The van der Waals surface area contributed by atoms with Crippen LogP contribution in [0.4, 0.5) is 0 Å². The third-order valence-corrected chi connectivity index (χ3v) is 5.09. The molecule has 0 fully saturated rings. The van der Waals surface area contributed by atoms with Crippen LogP contribution in [0.3, 0.4) is 0 Å². The van der Waals surface area contributed by atoms with Crippen molar-refractivity contribution in [1.82, 2.24) is 0 Å². The Hall–Kier alpha value is -0.299. The predicted octanol–water partition coefficient (Wildman–Crippen LogP) is 3.73. The standard InChI is InChI=1S/2C11H20O2.C10H22O5.Sr/c2*1-10(2,3)8(12)7-9(13)11(4,5)6;1-11-3-5-13-7-9-15-10-8-14-6-4-12-2;/h2*7,12H,1-6H3;3-10H2,1-2H3;/q;;;+2/p-2/b2*8-7+;;. The van der Waals surface area contributed by atoms with Gasteiger partial charge in [-0.2, -0.15) is 0 Å². The van der Waals surface area contributed by atoms with Gasteiger partial charge in [-0.25, -0.2) is 0 Å². The molecule has 0 aliphatic heterocycles. The van der Waals surface area contributed by atoms with E-state index in [2.05, 4.69) is 0 Å². The minimum atomic E-state index is -0.457. The van der Waals surface area contributed by atoms with Crippen molar-refractivity contribution in [3.05, 3.63) is 23.7 Å². The summed E-state index contributed by atoms with van der Waals surface area (Å²) >= 11 is 0. The number of ether oxygens (including phenoxy) is 5. The maximum Gasteiger partial charge on any atom is 2.00 e. The van der Waals surface area contributed by atoms with Gasteiger partial charge in [0, 0.05) is 25.0 Å². The normalized spacial score (nSPS) is 12.8. The van der Waals surface area contributed by atoms with Gasteiger partial charge in [0.05, 0.1) is 52.9 Å². The predicted molar refractivity (Wildman–Crippen MR) is 166 cm³/mol. The van der Waals surface area contributed by atoms with Crippen molar-refractivity contribution < 1.29 is 43.5 Å². The Labute approximate surface area is 294 Å². The summed E-state index contributed by atoms with van der Waals surface area (Å²) in [5, 5.41) is 22.9. The maximum absolute atomic E-state index is 11.4. The first-order chi connectivity index (χ1) is 18.5. The van der Waals surface area contributed by atoms with Gasteiger partial charge in [0.15, 0.2) is 11.6 Å². The summed E-state index contributed by atoms with van der Waals surface area (Å²) in [4.78, 5) is 22.9. The smallest absolute Gasteiger partial charge is 0.875 e. The van der Waals surface area contributed by atoms with Crippen LogP contribution in [0.15, 0.2) is 23.7 Å². The molecule has 244 valence electrons. The van der Waals surface area contributed by atoms with Gasteiger partial charge in [0.2, 0.25) is 0 Å². The third kappa shape index (κ3) is 31.1. The van der Waals surface area contributed by atoms with Gasteiger partial charge in [-0.3, -0.25) is 9.59 Å². The van der Waals surface area contributed by atoms with Crippen molar-refractivity contribution in [3.63, 3.8) is 0 Å². The molecule has 42 heavy (non-hydrogen) atoms. The molecule has 0 heterocycles. The average Bonchev–Trinajstić information content (AvgIpc) is 2.81. The van der Waals surface area contributed by atoms with E-state index in [1.807, 2.05) is 83.1 Å². The van der Waals surface area contributed by atoms with Gasteiger partial charge in [-0.15, -0.1) is 11.5 Å². The molecule has 0 N–H and O–H groups in total. The number of ketones is 2. The zero-order valence-electron chi connectivity index (χ0n) is 29.2. The minimum absolute atomic E-state index is 0. The molecule has 0 aliphatic rings. The van der Waals surface area contributed by atoms with Gasteiger partial charge in [-0.05, 0) is 23.0 Å². The van der Waals surface area contributed by atoms with Crippen LogP contribution in [0.5, 0.6) is 0 Å². The fraction of sp³-hybridized carbons (Fsp3) is 0.812. The van der Waals surface area contributed by atoms with Gasteiger partial charge in [0.1, 0.15) is 0 Å². The molecule has 0 rings (SSSR count). The van der Waals surface area contributed by atoms with Gasteiger partial charge in [-0.1, -0.05) is 83.1 Å².